The van der Waals surface area contributed by atoms with Gasteiger partial charge in [0.05, 0.1) is 19.1 Å². The number of carbonyl (C=O) groups is 9. The molecule has 302 valence electrons. The van der Waals surface area contributed by atoms with Crippen molar-refractivity contribution in [2.45, 2.75) is 62.4 Å². The first-order valence-corrected chi connectivity index (χ1v) is 18.5. The molecule has 0 aliphatic heterocycles. The van der Waals surface area contributed by atoms with E-state index in [1.165, 1.54) is 6.92 Å². The van der Waals surface area contributed by atoms with Crippen LogP contribution in [0.5, 0.6) is 0 Å². The predicted molar refractivity (Wildman–Crippen MR) is 207 cm³/mol. The largest absolute Gasteiger partial charge is 0.481 e. The summed E-state index contributed by atoms with van der Waals surface area (Å²) in [6.45, 7) is 0.408. The Labute approximate surface area is 331 Å². The highest BCUT2D eigenvalue weighted by molar-refractivity contribution is 7.80. The molecule has 0 spiro atoms. The number of carbonyl (C=O) groups excluding carboxylic acids is 7. The lowest BCUT2D eigenvalue weighted by Crippen LogP contribution is -2.60. The number of para-hydroxylation sites is 1. The van der Waals surface area contributed by atoms with E-state index in [2.05, 4.69) is 80.1 Å². The number of carboxylic acids is 2. The third kappa shape index (κ3) is 15.3. The fourth-order valence-corrected chi connectivity index (χ4v) is 5.51. The van der Waals surface area contributed by atoms with Gasteiger partial charge in [-0.25, -0.2) is 4.79 Å². The van der Waals surface area contributed by atoms with Crippen molar-refractivity contribution >= 4 is 102 Å². The zero-order chi connectivity index (χ0) is 41.2. The van der Waals surface area contributed by atoms with E-state index >= 15 is 0 Å². The Morgan fingerprint density at radius 2 is 1.18 bits per heavy atom. The molecule has 0 saturated heterocycles. The highest BCUT2D eigenvalue weighted by atomic mass is 32.1. The first-order valence-electron chi connectivity index (χ1n) is 16.6. The number of nitrogens with one attached hydrogen (secondary N) is 8. The number of amides is 7. The Morgan fingerprint density at radius 1 is 0.673 bits per heavy atom. The lowest BCUT2D eigenvalue weighted by atomic mass is 10.0. The summed E-state index contributed by atoms with van der Waals surface area (Å²) in [6.07, 6.45) is 0.435. The SMILES string of the molecule is CC(N)C(=O)NCC(=O)NCC(=O)NC(CS)C(=O)NC(CS)C(=O)NC(Cc1c[nH]c2ccccc12)C(=O)NC(CCC(=O)O)C(=O)NC(CS)C(=O)O. The number of fused-ring (bicyclic) bond motifs is 1. The van der Waals surface area contributed by atoms with Gasteiger partial charge in [0, 0.05) is 47.2 Å². The van der Waals surface area contributed by atoms with Gasteiger partial charge in [0.2, 0.25) is 41.4 Å². The van der Waals surface area contributed by atoms with Gasteiger partial charge in [-0.1, -0.05) is 18.2 Å². The molecule has 6 unspecified atom stereocenters. The van der Waals surface area contributed by atoms with Crippen LogP contribution in [0.15, 0.2) is 30.5 Å². The van der Waals surface area contributed by atoms with Crippen molar-refractivity contribution < 1.29 is 53.4 Å². The molecule has 20 nitrogen and oxygen atoms in total. The van der Waals surface area contributed by atoms with E-state index in [-0.39, 0.29) is 23.7 Å². The van der Waals surface area contributed by atoms with Crippen molar-refractivity contribution in [2.75, 3.05) is 30.3 Å². The summed E-state index contributed by atoms with van der Waals surface area (Å²) in [4.78, 5) is 115. The van der Waals surface area contributed by atoms with Crippen molar-refractivity contribution in [3.05, 3.63) is 36.0 Å². The van der Waals surface area contributed by atoms with Gasteiger partial charge >= 0.3 is 11.9 Å². The van der Waals surface area contributed by atoms with Gasteiger partial charge in [0.1, 0.15) is 30.2 Å². The fourth-order valence-electron chi connectivity index (χ4n) is 4.74. The summed E-state index contributed by atoms with van der Waals surface area (Å²) in [7, 11) is 0. The summed E-state index contributed by atoms with van der Waals surface area (Å²) < 4.78 is 0. The minimum Gasteiger partial charge on any atom is -0.481 e. The number of hydrogen-bond donors (Lipinski definition) is 14. The number of rotatable bonds is 23. The maximum absolute atomic E-state index is 13.8. The normalized spacial score (nSPS) is 14.1. The fraction of sp³-hybridized carbons (Fsp3) is 0.469. The van der Waals surface area contributed by atoms with Crippen molar-refractivity contribution in [3.63, 3.8) is 0 Å². The maximum Gasteiger partial charge on any atom is 0.327 e. The van der Waals surface area contributed by atoms with Crippen LogP contribution in [0.4, 0.5) is 0 Å². The lowest BCUT2D eigenvalue weighted by molar-refractivity contribution is -0.142. The first kappa shape index (κ1) is 46.2. The standard InChI is InChI=1S/C32H45N9O11S3/c1-15(33)27(46)36-10-24(42)35-11-25(43)37-21(12-53)30(49)40-22(13-54)31(50)39-20(8-16-9-34-18-5-3-2-4-17(16)18)29(48)38-19(6-7-26(44)45)28(47)41-23(14-55)32(51)52/h2-5,9,15,19-23,34,53-55H,6-8,10-14,33H2,1H3,(H,35,42)(H,36,46)(H,37,43)(H,38,48)(H,39,50)(H,40,49)(H,41,47)(H,44,45)(H,51,52). The van der Waals surface area contributed by atoms with E-state index < -0.39 is 115 Å². The number of benzene rings is 1. The van der Waals surface area contributed by atoms with Crippen LogP contribution in [-0.2, 0) is 49.6 Å². The summed E-state index contributed by atoms with van der Waals surface area (Å²) in [5.41, 5.74) is 6.69. The predicted octanol–water partition coefficient (Wildman–Crippen LogP) is -3.55. The van der Waals surface area contributed by atoms with E-state index in [0.29, 0.717) is 16.5 Å². The van der Waals surface area contributed by atoms with Gasteiger partial charge in [-0.05, 0) is 25.0 Å². The molecule has 0 radical (unpaired) electrons. The number of hydrogen-bond acceptors (Lipinski definition) is 13. The van der Waals surface area contributed by atoms with Crippen LogP contribution < -0.4 is 43.0 Å². The zero-order valence-corrected chi connectivity index (χ0v) is 32.2. The Morgan fingerprint density at radius 3 is 1.76 bits per heavy atom. The van der Waals surface area contributed by atoms with E-state index in [1.54, 1.807) is 30.5 Å². The molecule has 1 aromatic heterocycles. The molecule has 0 aliphatic carbocycles. The molecule has 2 rings (SSSR count). The van der Waals surface area contributed by atoms with Crippen molar-refractivity contribution in [2.24, 2.45) is 5.73 Å². The topological polar surface area (TPSA) is 320 Å². The van der Waals surface area contributed by atoms with Crippen LogP contribution in [0.1, 0.15) is 25.3 Å². The van der Waals surface area contributed by atoms with Gasteiger partial charge in [-0.15, -0.1) is 0 Å². The number of aromatic nitrogens is 1. The van der Waals surface area contributed by atoms with Gasteiger partial charge in [0.15, 0.2) is 0 Å². The van der Waals surface area contributed by atoms with Crippen LogP contribution in [0.2, 0.25) is 0 Å². The Hall–Kier alpha value is -5.00. The Kier molecular flexibility index (Phi) is 19.3. The quantitative estimate of drug-likeness (QED) is 0.0485. The highest BCUT2D eigenvalue weighted by Crippen LogP contribution is 2.19. The van der Waals surface area contributed by atoms with Crippen molar-refractivity contribution in [3.8, 4) is 0 Å². The average molecular weight is 828 g/mol. The van der Waals surface area contributed by atoms with Crippen LogP contribution in [0.3, 0.4) is 0 Å². The molecule has 2 aromatic rings. The van der Waals surface area contributed by atoms with E-state index in [4.69, 9.17) is 5.73 Å². The summed E-state index contributed by atoms with van der Waals surface area (Å²) in [5, 5.41) is 35.8. The molecular weight excluding hydrogens is 783 g/mol. The minimum atomic E-state index is -1.54. The summed E-state index contributed by atoms with van der Waals surface area (Å²) in [6, 6.07) is -0.901. The zero-order valence-electron chi connectivity index (χ0n) is 29.5. The Balaban J connectivity index is 2.23. The van der Waals surface area contributed by atoms with Gasteiger partial charge in [-0.3, -0.25) is 38.4 Å². The van der Waals surface area contributed by atoms with Gasteiger partial charge < -0.3 is 58.1 Å². The Bertz CT molecular complexity index is 1730. The van der Waals surface area contributed by atoms with Crippen LogP contribution in [0.25, 0.3) is 10.9 Å². The number of aliphatic carboxylic acids is 2. The van der Waals surface area contributed by atoms with Crippen LogP contribution in [0, 0.1) is 0 Å². The molecule has 7 amide bonds. The monoisotopic (exact) mass is 827 g/mol. The third-order valence-corrected chi connectivity index (χ3v) is 8.84. The van der Waals surface area contributed by atoms with Crippen LogP contribution in [-0.4, -0.2) is 135 Å². The molecule has 1 aromatic carbocycles. The van der Waals surface area contributed by atoms with Crippen molar-refractivity contribution in [1.82, 2.24) is 42.2 Å². The highest BCUT2D eigenvalue weighted by Gasteiger charge is 2.32. The summed E-state index contributed by atoms with van der Waals surface area (Å²) in [5.74, 6) is -9.33. The van der Waals surface area contributed by atoms with E-state index in [9.17, 15) is 53.4 Å². The molecule has 0 bridgehead atoms. The van der Waals surface area contributed by atoms with Gasteiger partial charge in [0.25, 0.3) is 0 Å². The molecular formula is C32H45N9O11S3. The number of carboxylic acid groups (broad SMARTS) is 2. The average Bonchev–Trinajstić information content (AvgIpc) is 3.56. The number of thiol groups is 3. The molecule has 23 heteroatoms. The molecule has 0 aliphatic rings. The number of aromatic amines is 1. The molecule has 55 heavy (non-hydrogen) atoms. The number of H-pyrrole nitrogens is 1. The molecule has 6 atom stereocenters. The van der Waals surface area contributed by atoms with E-state index in [0.717, 1.165) is 0 Å². The second-order valence-corrected chi connectivity index (χ2v) is 13.1. The molecule has 1 heterocycles. The second kappa shape index (κ2) is 23.0. The molecule has 12 N–H and O–H groups in total. The molecule has 0 saturated carbocycles. The molecule has 0 fully saturated rings. The minimum absolute atomic E-state index is 0.160. The lowest BCUT2D eigenvalue weighted by Gasteiger charge is -2.26. The third-order valence-electron chi connectivity index (χ3n) is 7.74. The van der Waals surface area contributed by atoms with Crippen LogP contribution >= 0.6 is 37.9 Å². The maximum atomic E-state index is 13.8. The van der Waals surface area contributed by atoms with E-state index in [1.807, 2.05) is 0 Å². The summed E-state index contributed by atoms with van der Waals surface area (Å²) >= 11 is 12.2. The number of nitrogens with two attached hydrogens (primary N) is 1. The van der Waals surface area contributed by atoms with Gasteiger partial charge in [-0.2, -0.15) is 37.9 Å². The second-order valence-electron chi connectivity index (χ2n) is 12.0. The first-order chi connectivity index (χ1) is 26.0. The van der Waals surface area contributed by atoms with Crippen molar-refractivity contribution in [1.29, 1.82) is 0 Å². The smallest absolute Gasteiger partial charge is 0.327 e.